The van der Waals surface area contributed by atoms with Crippen LogP contribution in [0.2, 0.25) is 0 Å². The smallest absolute Gasteiger partial charge is 0.321 e. The van der Waals surface area contributed by atoms with Gasteiger partial charge in [0.2, 0.25) is 0 Å². The number of anilines is 1. The summed E-state index contributed by atoms with van der Waals surface area (Å²) in [4.78, 5) is 25.0. The maximum Gasteiger partial charge on any atom is 0.321 e. The summed E-state index contributed by atoms with van der Waals surface area (Å²) >= 11 is 0. The molecule has 3 heterocycles. The lowest BCUT2D eigenvalue weighted by Crippen LogP contribution is -2.47. The van der Waals surface area contributed by atoms with Gasteiger partial charge in [-0.15, -0.1) is 0 Å². The van der Waals surface area contributed by atoms with Crippen LogP contribution in [0.15, 0.2) is 24.5 Å². The van der Waals surface area contributed by atoms with E-state index in [4.69, 9.17) is 0 Å². The number of hydrogen-bond donors (Lipinski definition) is 1. The van der Waals surface area contributed by atoms with E-state index < -0.39 is 0 Å². The highest BCUT2D eigenvalue weighted by atomic mass is 16.2. The zero-order valence-electron chi connectivity index (χ0n) is 13.0. The van der Waals surface area contributed by atoms with Gasteiger partial charge in [0.05, 0.1) is 18.1 Å². The van der Waals surface area contributed by atoms with Crippen LogP contribution in [0.4, 0.5) is 10.5 Å². The molecule has 2 amide bonds. The minimum absolute atomic E-state index is 0.0501. The van der Waals surface area contributed by atoms with E-state index in [9.17, 15) is 4.79 Å². The number of likely N-dealkylation sites (tertiary alicyclic amines) is 1. The summed E-state index contributed by atoms with van der Waals surface area (Å²) in [7, 11) is 0. The Morgan fingerprint density at radius 1 is 1.23 bits per heavy atom. The first kappa shape index (κ1) is 15.0. The van der Waals surface area contributed by atoms with Gasteiger partial charge < -0.3 is 10.2 Å². The van der Waals surface area contributed by atoms with Crippen molar-refractivity contribution in [2.24, 2.45) is 0 Å². The number of nitrogens with one attached hydrogen (secondary N) is 1. The van der Waals surface area contributed by atoms with Crippen molar-refractivity contribution < 1.29 is 4.79 Å². The third kappa shape index (κ3) is 3.44. The van der Waals surface area contributed by atoms with Crippen molar-refractivity contribution in [1.82, 2.24) is 19.8 Å². The summed E-state index contributed by atoms with van der Waals surface area (Å²) in [5.41, 5.74) is 0.660. The summed E-state index contributed by atoms with van der Waals surface area (Å²) in [6, 6.07) is 0.553. The normalized spacial score (nSPS) is 19.6. The number of amides is 2. The highest BCUT2D eigenvalue weighted by Crippen LogP contribution is 2.19. The number of piperidine rings is 1. The van der Waals surface area contributed by atoms with E-state index in [-0.39, 0.29) is 6.03 Å². The molecule has 2 aliphatic rings. The van der Waals surface area contributed by atoms with Gasteiger partial charge in [-0.1, -0.05) is 19.1 Å². The van der Waals surface area contributed by atoms with E-state index in [2.05, 4.69) is 32.3 Å². The Hall–Kier alpha value is -1.95. The molecule has 1 fully saturated rings. The van der Waals surface area contributed by atoms with Gasteiger partial charge in [-0.3, -0.25) is 4.90 Å². The number of nitrogens with zero attached hydrogens (tertiary/aromatic N) is 4. The SMILES string of the molecule is CCc1ncc(NC(=O)N2CCC(N3CC=CC3)CC2)cn1. The van der Waals surface area contributed by atoms with Gasteiger partial charge in [0.15, 0.2) is 0 Å². The molecule has 1 aromatic rings. The summed E-state index contributed by atoms with van der Waals surface area (Å²) in [6.07, 6.45) is 10.7. The topological polar surface area (TPSA) is 61.4 Å². The molecule has 0 unspecified atom stereocenters. The molecule has 22 heavy (non-hydrogen) atoms. The summed E-state index contributed by atoms with van der Waals surface area (Å²) < 4.78 is 0. The molecule has 0 aromatic carbocycles. The summed E-state index contributed by atoms with van der Waals surface area (Å²) in [5.74, 6) is 0.790. The fourth-order valence-corrected chi connectivity index (χ4v) is 3.03. The molecular weight excluding hydrogens is 278 g/mol. The molecule has 6 heteroatoms. The van der Waals surface area contributed by atoms with E-state index in [0.29, 0.717) is 11.7 Å². The average Bonchev–Trinajstić information content (AvgIpc) is 3.10. The van der Waals surface area contributed by atoms with Gasteiger partial charge in [-0.2, -0.15) is 0 Å². The second-order valence-electron chi connectivity index (χ2n) is 5.82. The number of aryl methyl sites for hydroxylation is 1. The van der Waals surface area contributed by atoms with Crippen molar-refractivity contribution in [2.75, 3.05) is 31.5 Å². The van der Waals surface area contributed by atoms with E-state index in [1.807, 2.05) is 11.8 Å². The molecule has 0 radical (unpaired) electrons. The van der Waals surface area contributed by atoms with E-state index in [0.717, 1.165) is 51.3 Å². The Labute approximate surface area is 131 Å². The van der Waals surface area contributed by atoms with Gasteiger partial charge >= 0.3 is 6.03 Å². The lowest BCUT2D eigenvalue weighted by molar-refractivity contribution is 0.144. The zero-order chi connectivity index (χ0) is 15.4. The number of urea groups is 1. The molecule has 1 aromatic heterocycles. The maximum atomic E-state index is 12.3. The predicted octanol–water partition coefficient (Wildman–Crippen LogP) is 1.91. The van der Waals surface area contributed by atoms with Crippen molar-refractivity contribution in [2.45, 2.75) is 32.2 Å². The van der Waals surface area contributed by atoms with E-state index >= 15 is 0 Å². The second-order valence-corrected chi connectivity index (χ2v) is 5.82. The molecule has 1 N–H and O–H groups in total. The minimum atomic E-state index is -0.0501. The number of aromatic nitrogens is 2. The van der Waals surface area contributed by atoms with Crippen LogP contribution in [0.25, 0.3) is 0 Å². The van der Waals surface area contributed by atoms with E-state index in [1.54, 1.807) is 12.4 Å². The van der Waals surface area contributed by atoms with Crippen molar-refractivity contribution in [3.05, 3.63) is 30.4 Å². The molecule has 0 atom stereocenters. The Morgan fingerprint density at radius 3 is 2.45 bits per heavy atom. The van der Waals surface area contributed by atoms with Gasteiger partial charge in [-0.25, -0.2) is 14.8 Å². The first-order chi connectivity index (χ1) is 10.8. The standard InChI is InChI=1S/C16H23N5O/c1-2-15-17-11-13(12-18-15)19-16(22)21-9-5-14(6-10-21)20-7-3-4-8-20/h3-4,11-12,14H,2,5-10H2,1H3,(H,19,22). The van der Waals surface area contributed by atoms with Crippen LogP contribution in [0.1, 0.15) is 25.6 Å². The fourth-order valence-electron chi connectivity index (χ4n) is 3.03. The van der Waals surface area contributed by atoms with Crippen LogP contribution in [-0.4, -0.2) is 58.0 Å². The van der Waals surface area contributed by atoms with Crippen LogP contribution < -0.4 is 5.32 Å². The molecular formula is C16H23N5O. The lowest BCUT2D eigenvalue weighted by Gasteiger charge is -2.36. The van der Waals surface area contributed by atoms with Crippen LogP contribution in [-0.2, 0) is 6.42 Å². The van der Waals surface area contributed by atoms with Gasteiger partial charge in [0.25, 0.3) is 0 Å². The molecule has 0 bridgehead atoms. The van der Waals surface area contributed by atoms with Crippen molar-refractivity contribution in [1.29, 1.82) is 0 Å². The Balaban J connectivity index is 1.48. The molecule has 1 saturated heterocycles. The van der Waals surface area contributed by atoms with Crippen LogP contribution in [0.3, 0.4) is 0 Å². The summed E-state index contributed by atoms with van der Waals surface area (Å²) in [5, 5.41) is 2.88. The highest BCUT2D eigenvalue weighted by Gasteiger charge is 2.27. The first-order valence-corrected chi connectivity index (χ1v) is 8.02. The third-order valence-corrected chi connectivity index (χ3v) is 4.39. The van der Waals surface area contributed by atoms with Crippen LogP contribution in [0, 0.1) is 0 Å². The zero-order valence-corrected chi connectivity index (χ0v) is 13.0. The van der Waals surface area contributed by atoms with Crippen LogP contribution >= 0.6 is 0 Å². The molecule has 0 spiro atoms. The molecule has 6 nitrogen and oxygen atoms in total. The Bertz CT molecular complexity index is 526. The molecule has 118 valence electrons. The van der Waals surface area contributed by atoms with E-state index in [1.165, 1.54) is 0 Å². The minimum Gasteiger partial charge on any atom is -0.324 e. The monoisotopic (exact) mass is 301 g/mol. The van der Waals surface area contributed by atoms with Gasteiger partial charge in [-0.05, 0) is 12.8 Å². The second kappa shape index (κ2) is 6.87. The predicted molar refractivity (Wildman–Crippen MR) is 85.7 cm³/mol. The van der Waals surface area contributed by atoms with Crippen LogP contribution in [0.5, 0.6) is 0 Å². The third-order valence-electron chi connectivity index (χ3n) is 4.39. The number of carbonyl (C=O) groups is 1. The number of hydrogen-bond acceptors (Lipinski definition) is 4. The average molecular weight is 301 g/mol. The maximum absolute atomic E-state index is 12.3. The quantitative estimate of drug-likeness (QED) is 0.866. The van der Waals surface area contributed by atoms with Crippen molar-refractivity contribution in [3.8, 4) is 0 Å². The first-order valence-electron chi connectivity index (χ1n) is 8.02. The highest BCUT2D eigenvalue weighted by molar-refractivity contribution is 5.89. The Kier molecular flexibility index (Phi) is 4.68. The lowest BCUT2D eigenvalue weighted by atomic mass is 10.0. The molecule has 0 aliphatic carbocycles. The number of rotatable bonds is 3. The van der Waals surface area contributed by atoms with Crippen molar-refractivity contribution >= 4 is 11.7 Å². The van der Waals surface area contributed by atoms with Crippen molar-refractivity contribution in [3.63, 3.8) is 0 Å². The molecule has 2 aliphatic heterocycles. The molecule has 3 rings (SSSR count). The fraction of sp³-hybridized carbons (Fsp3) is 0.562. The van der Waals surface area contributed by atoms with Gasteiger partial charge in [0, 0.05) is 38.6 Å². The largest absolute Gasteiger partial charge is 0.324 e. The number of carbonyl (C=O) groups excluding carboxylic acids is 1. The Morgan fingerprint density at radius 2 is 1.86 bits per heavy atom. The summed E-state index contributed by atoms with van der Waals surface area (Å²) in [6.45, 7) is 5.73. The van der Waals surface area contributed by atoms with Gasteiger partial charge in [0.1, 0.15) is 5.82 Å². The molecule has 0 saturated carbocycles.